The van der Waals surface area contributed by atoms with Gasteiger partial charge < -0.3 is 18.9 Å². The lowest BCUT2D eigenvalue weighted by Gasteiger charge is -2.27. The Kier molecular flexibility index (Phi) is 5.31. The van der Waals surface area contributed by atoms with Crippen LogP contribution >= 0.6 is 0 Å². The smallest absolute Gasteiger partial charge is 0.297 e. The minimum absolute atomic E-state index is 0.132. The Hall–Kier alpha value is -1.03. The fourth-order valence-corrected chi connectivity index (χ4v) is 4.64. The van der Waals surface area contributed by atoms with Gasteiger partial charge in [-0.1, -0.05) is 17.7 Å². The maximum Gasteiger partial charge on any atom is 0.297 e. The molecule has 5 atom stereocenters. The van der Waals surface area contributed by atoms with Crippen molar-refractivity contribution in [3.8, 4) is 0 Å². The van der Waals surface area contributed by atoms with Crippen molar-refractivity contribution in [1.82, 2.24) is 0 Å². The van der Waals surface area contributed by atoms with Crippen molar-refractivity contribution >= 4 is 10.1 Å². The number of aryl methyl sites for hydroxylation is 1. The van der Waals surface area contributed by atoms with Crippen molar-refractivity contribution in [2.45, 2.75) is 61.8 Å². The molecule has 0 saturated carbocycles. The van der Waals surface area contributed by atoms with Crippen molar-refractivity contribution in [2.24, 2.45) is 0 Å². The van der Waals surface area contributed by atoms with Crippen LogP contribution in [0.1, 0.15) is 24.8 Å². The van der Waals surface area contributed by atoms with E-state index in [-0.39, 0.29) is 30.0 Å². The first-order chi connectivity index (χ1) is 12.5. The third kappa shape index (κ3) is 3.81. The number of rotatable bonds is 5. The molecule has 1 aromatic carbocycles. The van der Waals surface area contributed by atoms with Gasteiger partial charge in [-0.05, 0) is 38.3 Å². The van der Waals surface area contributed by atoms with Crippen molar-refractivity contribution < 1.29 is 31.5 Å². The van der Waals surface area contributed by atoms with Gasteiger partial charge in [-0.3, -0.25) is 4.18 Å². The molecule has 0 amide bonds. The molecule has 3 aliphatic rings. The zero-order valence-corrected chi connectivity index (χ0v) is 15.5. The van der Waals surface area contributed by atoms with Crippen LogP contribution in [0.25, 0.3) is 0 Å². The normalized spacial score (nSPS) is 34.7. The van der Waals surface area contributed by atoms with Gasteiger partial charge in [0, 0.05) is 6.61 Å². The molecule has 0 aliphatic carbocycles. The monoisotopic (exact) mass is 384 g/mol. The van der Waals surface area contributed by atoms with Crippen molar-refractivity contribution in [2.75, 3.05) is 19.8 Å². The predicted molar refractivity (Wildman–Crippen MR) is 91.2 cm³/mol. The Bertz CT molecular complexity index is 712. The van der Waals surface area contributed by atoms with Crippen LogP contribution in [0.3, 0.4) is 0 Å². The highest BCUT2D eigenvalue weighted by molar-refractivity contribution is 7.86. The summed E-state index contributed by atoms with van der Waals surface area (Å²) < 4.78 is 53.5. The van der Waals surface area contributed by atoms with E-state index in [2.05, 4.69) is 0 Å². The van der Waals surface area contributed by atoms with Crippen LogP contribution in [0.15, 0.2) is 29.2 Å². The highest BCUT2D eigenvalue weighted by Crippen LogP contribution is 2.33. The molecule has 0 N–H and O–H groups in total. The van der Waals surface area contributed by atoms with E-state index < -0.39 is 22.3 Å². The first-order valence-corrected chi connectivity index (χ1v) is 10.4. The molecule has 0 bridgehead atoms. The molecule has 3 aliphatic heterocycles. The molecule has 144 valence electrons. The number of hydrogen-bond acceptors (Lipinski definition) is 7. The van der Waals surface area contributed by atoms with Gasteiger partial charge >= 0.3 is 0 Å². The maximum absolute atomic E-state index is 12.5. The second-order valence-corrected chi connectivity index (χ2v) is 8.54. The molecule has 7 nitrogen and oxygen atoms in total. The summed E-state index contributed by atoms with van der Waals surface area (Å²) in [6, 6.07) is 6.56. The molecule has 1 aromatic rings. The molecule has 4 rings (SSSR count). The van der Waals surface area contributed by atoms with E-state index >= 15 is 0 Å². The van der Waals surface area contributed by atoms with E-state index in [0.717, 1.165) is 24.8 Å². The Morgan fingerprint density at radius 3 is 2.35 bits per heavy atom. The number of ether oxygens (including phenoxy) is 4. The van der Waals surface area contributed by atoms with Crippen molar-refractivity contribution in [1.29, 1.82) is 0 Å². The van der Waals surface area contributed by atoms with Crippen LogP contribution in [0.4, 0.5) is 0 Å². The Labute approximate surface area is 153 Å². The van der Waals surface area contributed by atoms with E-state index in [1.807, 2.05) is 6.92 Å². The van der Waals surface area contributed by atoms with E-state index in [1.54, 1.807) is 24.3 Å². The van der Waals surface area contributed by atoms with E-state index in [0.29, 0.717) is 13.2 Å². The molecule has 8 heteroatoms. The van der Waals surface area contributed by atoms with Crippen LogP contribution in [0.2, 0.25) is 0 Å². The van der Waals surface area contributed by atoms with Crippen molar-refractivity contribution in [3.05, 3.63) is 29.8 Å². The Balaban J connectivity index is 1.38. The van der Waals surface area contributed by atoms with E-state index in [9.17, 15) is 8.42 Å². The average Bonchev–Trinajstić information content (AvgIpc) is 3.20. The summed E-state index contributed by atoms with van der Waals surface area (Å²) in [6.45, 7) is 3.11. The highest BCUT2D eigenvalue weighted by Gasteiger charge is 2.51. The summed E-state index contributed by atoms with van der Waals surface area (Å²) >= 11 is 0. The highest BCUT2D eigenvalue weighted by atomic mass is 32.2. The summed E-state index contributed by atoms with van der Waals surface area (Å²) in [7, 11) is -3.87. The molecule has 3 heterocycles. The fraction of sp³-hybridized carbons (Fsp3) is 0.667. The van der Waals surface area contributed by atoms with Gasteiger partial charge in [0.25, 0.3) is 10.1 Å². The van der Waals surface area contributed by atoms with Gasteiger partial charge in [-0.2, -0.15) is 8.42 Å². The third-order valence-electron chi connectivity index (χ3n) is 4.99. The standard InChI is InChI=1S/C18H24O7S/c1-12-5-7-13(8-6-12)26(19,20)25-15-11-23-17-14(10-22-18(15)17)24-16-4-2-3-9-21-16/h5-8,14-18H,2-4,9-11H2,1H3/t14-,15-,16?,17-,18?/m1/s1. The quantitative estimate of drug-likeness (QED) is 0.716. The second kappa shape index (κ2) is 7.53. The van der Waals surface area contributed by atoms with Gasteiger partial charge in [-0.25, -0.2) is 0 Å². The molecular formula is C18H24O7S. The summed E-state index contributed by atoms with van der Waals surface area (Å²) in [4.78, 5) is 0.132. The van der Waals surface area contributed by atoms with E-state index in [4.69, 9.17) is 23.1 Å². The topological polar surface area (TPSA) is 80.3 Å². The van der Waals surface area contributed by atoms with Crippen LogP contribution < -0.4 is 0 Å². The minimum Gasteiger partial charge on any atom is -0.370 e. The second-order valence-electron chi connectivity index (χ2n) is 6.97. The zero-order chi connectivity index (χ0) is 18.1. The number of fused-ring (bicyclic) bond motifs is 1. The van der Waals surface area contributed by atoms with Gasteiger partial charge in [0.05, 0.1) is 18.1 Å². The minimum atomic E-state index is -3.87. The summed E-state index contributed by atoms with van der Waals surface area (Å²) in [5.41, 5.74) is 0.984. The van der Waals surface area contributed by atoms with Crippen LogP contribution in [-0.4, -0.2) is 58.9 Å². The SMILES string of the molecule is Cc1ccc(S(=O)(=O)O[C@@H]2CO[C@H]3C2OC[C@H]3OC2CCCCO2)cc1. The average molecular weight is 384 g/mol. The van der Waals surface area contributed by atoms with E-state index in [1.165, 1.54) is 0 Å². The molecule has 3 saturated heterocycles. The molecule has 2 unspecified atom stereocenters. The van der Waals surface area contributed by atoms with Crippen LogP contribution in [0, 0.1) is 6.92 Å². The molecule has 0 spiro atoms. The number of hydrogen-bond donors (Lipinski definition) is 0. The maximum atomic E-state index is 12.5. The van der Waals surface area contributed by atoms with Gasteiger partial charge in [-0.15, -0.1) is 0 Å². The third-order valence-corrected chi connectivity index (χ3v) is 6.34. The van der Waals surface area contributed by atoms with Crippen molar-refractivity contribution in [3.63, 3.8) is 0 Å². The lowest BCUT2D eigenvalue weighted by Crippen LogP contribution is -2.38. The molecule has 26 heavy (non-hydrogen) atoms. The first kappa shape index (κ1) is 18.3. The molecule has 3 fully saturated rings. The molecule has 0 radical (unpaired) electrons. The Morgan fingerprint density at radius 1 is 0.962 bits per heavy atom. The largest absolute Gasteiger partial charge is 0.370 e. The lowest BCUT2D eigenvalue weighted by atomic mass is 10.1. The molecular weight excluding hydrogens is 360 g/mol. The lowest BCUT2D eigenvalue weighted by molar-refractivity contribution is -0.202. The van der Waals surface area contributed by atoms with Crippen LogP contribution in [-0.2, 0) is 33.2 Å². The predicted octanol–water partition coefficient (Wildman–Crippen LogP) is 1.78. The molecule has 0 aromatic heterocycles. The van der Waals surface area contributed by atoms with Gasteiger partial charge in [0.1, 0.15) is 24.4 Å². The number of benzene rings is 1. The zero-order valence-electron chi connectivity index (χ0n) is 14.7. The Morgan fingerprint density at radius 2 is 1.65 bits per heavy atom. The first-order valence-electron chi connectivity index (χ1n) is 9.03. The van der Waals surface area contributed by atoms with Crippen LogP contribution in [0.5, 0.6) is 0 Å². The summed E-state index contributed by atoms with van der Waals surface area (Å²) in [5.74, 6) is 0. The fourth-order valence-electron chi connectivity index (χ4n) is 3.56. The van der Waals surface area contributed by atoms with Gasteiger partial charge in [0.2, 0.25) is 0 Å². The van der Waals surface area contributed by atoms with Gasteiger partial charge in [0.15, 0.2) is 6.29 Å². The summed E-state index contributed by atoms with van der Waals surface area (Å²) in [5, 5.41) is 0. The summed E-state index contributed by atoms with van der Waals surface area (Å²) in [6.07, 6.45) is 1.02.